The number of carbonyl (C=O) groups is 2. The molecule has 1 aromatic heterocycles. The number of benzene rings is 2. The van der Waals surface area contributed by atoms with E-state index in [4.69, 9.17) is 4.74 Å². The second-order valence-electron chi connectivity index (χ2n) is 6.97. The first kappa shape index (κ1) is 19.3. The number of ether oxygens (including phenoxy) is 1. The lowest BCUT2D eigenvalue weighted by Crippen LogP contribution is -2.34. The predicted octanol–water partition coefficient (Wildman–Crippen LogP) is 2.60. The number of hydrogen-bond acceptors (Lipinski definition) is 6. The van der Waals surface area contributed by atoms with E-state index in [1.807, 2.05) is 0 Å². The minimum Gasteiger partial charge on any atom is -0.508 e. The number of amides is 1. The second kappa shape index (κ2) is 7.78. The summed E-state index contributed by atoms with van der Waals surface area (Å²) in [4.78, 5) is 24.4. The summed E-state index contributed by atoms with van der Waals surface area (Å²) in [6.45, 7) is 0. The fourth-order valence-corrected chi connectivity index (χ4v) is 3.63. The molecule has 3 aromatic rings. The van der Waals surface area contributed by atoms with E-state index in [9.17, 15) is 19.8 Å². The van der Waals surface area contributed by atoms with E-state index in [1.165, 1.54) is 13.2 Å². The lowest BCUT2D eigenvalue weighted by atomic mass is 10.00. The van der Waals surface area contributed by atoms with Crippen LogP contribution in [0.4, 0.5) is 11.5 Å². The number of anilines is 2. The molecule has 2 aromatic carbocycles. The first-order chi connectivity index (χ1) is 14.5. The van der Waals surface area contributed by atoms with E-state index in [0.717, 1.165) is 5.69 Å². The van der Waals surface area contributed by atoms with E-state index in [1.54, 1.807) is 42.5 Å². The molecule has 0 saturated heterocycles. The number of rotatable bonds is 6. The smallest absolute Gasteiger partial charge is 0.309 e. The highest BCUT2D eigenvalue weighted by Crippen LogP contribution is 2.40. The van der Waals surface area contributed by atoms with Crippen molar-refractivity contribution in [3.63, 3.8) is 0 Å². The third kappa shape index (κ3) is 3.64. The Bertz CT molecular complexity index is 1090. The van der Waals surface area contributed by atoms with Crippen molar-refractivity contribution in [1.82, 2.24) is 15.5 Å². The van der Waals surface area contributed by atoms with Crippen molar-refractivity contribution in [3.8, 4) is 11.6 Å². The molecule has 154 valence electrons. The number of aromatic nitrogens is 2. The fraction of sp³-hybridized carbons (Fsp3) is 0.190. The van der Waals surface area contributed by atoms with Crippen LogP contribution in [0.5, 0.6) is 11.6 Å². The number of carboxylic acid groups (broad SMARTS) is 1. The van der Waals surface area contributed by atoms with E-state index in [0.29, 0.717) is 28.4 Å². The molecule has 1 heterocycles. The molecule has 1 amide bonds. The Morgan fingerprint density at radius 3 is 2.63 bits per heavy atom. The van der Waals surface area contributed by atoms with E-state index >= 15 is 0 Å². The van der Waals surface area contributed by atoms with Gasteiger partial charge < -0.3 is 25.6 Å². The number of fused-ring (bicyclic) bond motifs is 1. The Hall–Kier alpha value is -4.01. The number of aromatic amines is 1. The molecule has 0 saturated carbocycles. The molecule has 30 heavy (non-hydrogen) atoms. The van der Waals surface area contributed by atoms with Gasteiger partial charge in [0, 0.05) is 22.9 Å². The number of nitrogens with one attached hydrogen (secondary N) is 3. The molecule has 4 rings (SSSR count). The summed E-state index contributed by atoms with van der Waals surface area (Å²) < 4.78 is 5.01. The van der Waals surface area contributed by atoms with Crippen LogP contribution >= 0.6 is 0 Å². The van der Waals surface area contributed by atoms with Crippen molar-refractivity contribution < 1.29 is 24.5 Å². The molecule has 2 atom stereocenters. The lowest BCUT2D eigenvalue weighted by Gasteiger charge is -2.19. The van der Waals surface area contributed by atoms with Crippen molar-refractivity contribution in [2.24, 2.45) is 5.92 Å². The number of carbonyl (C=O) groups excluding carboxylic acids is 1. The average molecular weight is 408 g/mol. The molecule has 0 spiro atoms. The summed E-state index contributed by atoms with van der Waals surface area (Å²) >= 11 is 0. The number of methoxy groups -OCH3 is 1. The van der Waals surface area contributed by atoms with Crippen LogP contribution in [0.25, 0.3) is 0 Å². The van der Waals surface area contributed by atoms with Gasteiger partial charge >= 0.3 is 5.97 Å². The maximum absolute atomic E-state index is 12.8. The summed E-state index contributed by atoms with van der Waals surface area (Å²) in [6.07, 6.45) is 0.165. The van der Waals surface area contributed by atoms with Gasteiger partial charge in [-0.1, -0.05) is 12.1 Å². The largest absolute Gasteiger partial charge is 0.508 e. The number of nitrogens with zero attached hydrogens (tertiary/aromatic N) is 1. The fourth-order valence-electron chi connectivity index (χ4n) is 3.63. The SMILES string of the molecule is COc1cc(Nc2ccc(C(=O)N[C@@H]3c4cccc(O)c4C[C@@H]3C(=O)O)cc2)[nH]n1. The zero-order valence-corrected chi connectivity index (χ0v) is 16.0. The number of aromatic hydroxyl groups is 1. The quantitative estimate of drug-likeness (QED) is 0.423. The van der Waals surface area contributed by atoms with Gasteiger partial charge in [-0.25, -0.2) is 0 Å². The Kier molecular flexibility index (Phi) is 5.01. The van der Waals surface area contributed by atoms with Crippen LogP contribution in [0.3, 0.4) is 0 Å². The second-order valence-corrected chi connectivity index (χ2v) is 6.97. The number of phenolic OH excluding ortho intramolecular Hbond substituents is 1. The monoisotopic (exact) mass is 408 g/mol. The summed E-state index contributed by atoms with van der Waals surface area (Å²) in [5.41, 5.74) is 2.31. The Morgan fingerprint density at radius 1 is 1.20 bits per heavy atom. The predicted molar refractivity (Wildman–Crippen MR) is 108 cm³/mol. The Morgan fingerprint density at radius 2 is 1.97 bits per heavy atom. The van der Waals surface area contributed by atoms with Crippen molar-refractivity contribution in [2.45, 2.75) is 12.5 Å². The molecule has 0 bridgehead atoms. The Labute approximate surface area is 171 Å². The first-order valence-electron chi connectivity index (χ1n) is 9.27. The highest BCUT2D eigenvalue weighted by atomic mass is 16.5. The van der Waals surface area contributed by atoms with Gasteiger partial charge in [0.05, 0.1) is 19.1 Å². The van der Waals surface area contributed by atoms with Crippen molar-refractivity contribution in [3.05, 3.63) is 65.2 Å². The Balaban J connectivity index is 1.49. The van der Waals surface area contributed by atoms with Crippen molar-refractivity contribution >= 4 is 23.4 Å². The third-order valence-electron chi connectivity index (χ3n) is 5.14. The van der Waals surface area contributed by atoms with E-state index in [2.05, 4.69) is 20.8 Å². The zero-order valence-electron chi connectivity index (χ0n) is 16.0. The van der Waals surface area contributed by atoms with Gasteiger partial charge in [-0.05, 0) is 42.3 Å². The molecule has 0 fully saturated rings. The molecule has 0 aliphatic heterocycles. The average Bonchev–Trinajstić information content (AvgIpc) is 3.34. The highest BCUT2D eigenvalue weighted by Gasteiger charge is 2.39. The molecule has 5 N–H and O–H groups in total. The number of hydrogen-bond donors (Lipinski definition) is 5. The van der Waals surface area contributed by atoms with Crippen LogP contribution in [-0.2, 0) is 11.2 Å². The normalized spacial score (nSPS) is 17.2. The summed E-state index contributed by atoms with van der Waals surface area (Å²) in [7, 11) is 1.52. The number of H-pyrrole nitrogens is 1. The molecular formula is C21H20N4O5. The van der Waals surface area contributed by atoms with Crippen LogP contribution in [-0.4, -0.2) is 39.4 Å². The van der Waals surface area contributed by atoms with Crippen molar-refractivity contribution in [1.29, 1.82) is 0 Å². The zero-order chi connectivity index (χ0) is 21.3. The van der Waals surface area contributed by atoms with E-state index in [-0.39, 0.29) is 12.2 Å². The van der Waals surface area contributed by atoms with Gasteiger partial charge in [-0.2, -0.15) is 0 Å². The van der Waals surface area contributed by atoms with E-state index < -0.39 is 23.8 Å². The molecular weight excluding hydrogens is 388 g/mol. The minimum atomic E-state index is -1.02. The topological polar surface area (TPSA) is 137 Å². The lowest BCUT2D eigenvalue weighted by molar-refractivity contribution is -0.142. The van der Waals surface area contributed by atoms with Crippen LogP contribution in [0, 0.1) is 5.92 Å². The number of aliphatic carboxylic acids is 1. The maximum atomic E-state index is 12.8. The third-order valence-corrected chi connectivity index (χ3v) is 5.14. The standard InChI is InChI=1S/C21H20N4O5/c1-30-18-10-17(24-25-18)22-12-7-5-11(6-8-12)20(27)23-19-13-3-2-4-16(26)14(13)9-15(19)21(28)29/h2-8,10,15,19,26H,9H2,1H3,(H,23,27)(H,28,29)(H2,22,24,25)/t15-,19+/m0/s1. The molecule has 0 radical (unpaired) electrons. The number of carboxylic acids is 1. The summed E-state index contributed by atoms with van der Waals surface area (Å²) in [5, 5.41) is 32.2. The molecule has 0 unspecified atom stereocenters. The van der Waals surface area contributed by atoms with Crippen molar-refractivity contribution in [2.75, 3.05) is 12.4 Å². The van der Waals surface area contributed by atoms with Crippen LogP contribution in [0.15, 0.2) is 48.5 Å². The summed E-state index contributed by atoms with van der Waals surface area (Å²) in [6, 6.07) is 12.6. The van der Waals surface area contributed by atoms with Gasteiger partial charge in [-0.3, -0.25) is 14.7 Å². The van der Waals surface area contributed by atoms with Crippen LogP contribution in [0.2, 0.25) is 0 Å². The first-order valence-corrected chi connectivity index (χ1v) is 9.27. The van der Waals surface area contributed by atoms with Gasteiger partial charge in [-0.15, -0.1) is 5.10 Å². The van der Waals surface area contributed by atoms with Gasteiger partial charge in [0.25, 0.3) is 5.91 Å². The van der Waals surface area contributed by atoms with Gasteiger partial charge in [0.15, 0.2) is 0 Å². The maximum Gasteiger partial charge on any atom is 0.309 e. The van der Waals surface area contributed by atoms with Crippen LogP contribution in [0.1, 0.15) is 27.5 Å². The number of phenols is 1. The molecule has 1 aliphatic carbocycles. The summed E-state index contributed by atoms with van der Waals surface area (Å²) in [5.74, 6) is -1.13. The minimum absolute atomic E-state index is 0.0429. The molecule has 9 nitrogen and oxygen atoms in total. The molecule has 9 heteroatoms. The van der Waals surface area contributed by atoms with Crippen LogP contribution < -0.4 is 15.4 Å². The van der Waals surface area contributed by atoms with Gasteiger partial charge in [0.2, 0.25) is 5.88 Å². The highest BCUT2D eigenvalue weighted by molar-refractivity contribution is 5.95. The van der Waals surface area contributed by atoms with Gasteiger partial charge in [0.1, 0.15) is 11.6 Å². The molecule has 1 aliphatic rings.